The van der Waals surface area contributed by atoms with Gasteiger partial charge in [0.2, 0.25) is 0 Å². The third-order valence-electron chi connectivity index (χ3n) is 3.95. The Morgan fingerprint density at radius 3 is 2.58 bits per heavy atom. The minimum Gasteiger partial charge on any atom is -0.493 e. The standard InChI is InChI=1S/C19H28N4O/c1-22-12-5-4-7-15-10-11-18(17-9-3-2-8-16(15)17)24-14-6-13-23-19(20)21/h2-3,8-11,22H,4-7,12-14H2,1H3,(H4,20,21,23). The van der Waals surface area contributed by atoms with Crippen LogP contribution in [0.4, 0.5) is 0 Å². The molecule has 0 aliphatic rings. The molecule has 0 amide bonds. The second kappa shape index (κ2) is 9.78. The molecule has 0 aliphatic carbocycles. The fraction of sp³-hybridized carbons (Fsp3) is 0.421. The van der Waals surface area contributed by atoms with Crippen LogP contribution in [0.25, 0.3) is 10.8 Å². The Kier molecular flexibility index (Phi) is 7.36. The van der Waals surface area contributed by atoms with Gasteiger partial charge in [0.25, 0.3) is 0 Å². The molecule has 130 valence electrons. The van der Waals surface area contributed by atoms with Gasteiger partial charge in [-0.05, 0) is 49.9 Å². The van der Waals surface area contributed by atoms with Crippen LogP contribution in [0.1, 0.15) is 24.8 Å². The van der Waals surface area contributed by atoms with E-state index in [0.717, 1.165) is 25.1 Å². The molecule has 0 radical (unpaired) electrons. The minimum atomic E-state index is 0.128. The van der Waals surface area contributed by atoms with Gasteiger partial charge in [0.15, 0.2) is 5.96 Å². The van der Waals surface area contributed by atoms with Gasteiger partial charge in [0, 0.05) is 18.4 Å². The van der Waals surface area contributed by atoms with Crippen LogP contribution in [0.2, 0.25) is 0 Å². The SMILES string of the molecule is CNCCCCc1ccc(OCCCN=C(N)N)c2ccccc12. The van der Waals surface area contributed by atoms with E-state index in [9.17, 15) is 0 Å². The summed E-state index contributed by atoms with van der Waals surface area (Å²) in [6.07, 6.45) is 4.25. The van der Waals surface area contributed by atoms with Crippen molar-refractivity contribution in [3.8, 4) is 5.75 Å². The van der Waals surface area contributed by atoms with Gasteiger partial charge in [0.05, 0.1) is 6.61 Å². The molecular weight excluding hydrogens is 300 g/mol. The molecule has 0 saturated heterocycles. The number of rotatable bonds is 10. The molecule has 5 heteroatoms. The van der Waals surface area contributed by atoms with Crippen molar-refractivity contribution >= 4 is 16.7 Å². The van der Waals surface area contributed by atoms with Gasteiger partial charge in [0.1, 0.15) is 5.75 Å². The van der Waals surface area contributed by atoms with Gasteiger partial charge >= 0.3 is 0 Å². The van der Waals surface area contributed by atoms with Crippen molar-refractivity contribution in [2.24, 2.45) is 16.5 Å². The number of aryl methyl sites for hydroxylation is 1. The van der Waals surface area contributed by atoms with E-state index in [4.69, 9.17) is 16.2 Å². The first-order valence-electron chi connectivity index (χ1n) is 8.56. The Morgan fingerprint density at radius 2 is 1.83 bits per heavy atom. The van der Waals surface area contributed by atoms with Gasteiger partial charge in [-0.25, -0.2) is 0 Å². The lowest BCUT2D eigenvalue weighted by molar-refractivity contribution is 0.317. The molecule has 0 aromatic heterocycles. The van der Waals surface area contributed by atoms with Crippen molar-refractivity contribution in [3.63, 3.8) is 0 Å². The largest absolute Gasteiger partial charge is 0.493 e. The maximum atomic E-state index is 5.94. The summed E-state index contributed by atoms with van der Waals surface area (Å²) < 4.78 is 5.94. The van der Waals surface area contributed by atoms with Crippen LogP contribution < -0.4 is 21.5 Å². The Balaban J connectivity index is 2.02. The fourth-order valence-electron chi connectivity index (χ4n) is 2.75. The number of nitrogens with zero attached hydrogens (tertiary/aromatic N) is 1. The van der Waals surface area contributed by atoms with E-state index in [-0.39, 0.29) is 5.96 Å². The van der Waals surface area contributed by atoms with Crippen LogP contribution in [0.3, 0.4) is 0 Å². The van der Waals surface area contributed by atoms with Crippen LogP contribution in [0.15, 0.2) is 41.4 Å². The van der Waals surface area contributed by atoms with Crippen LogP contribution in [0.5, 0.6) is 5.75 Å². The summed E-state index contributed by atoms with van der Waals surface area (Å²) in [5, 5.41) is 5.65. The normalized spacial score (nSPS) is 10.7. The summed E-state index contributed by atoms with van der Waals surface area (Å²) >= 11 is 0. The molecule has 2 aromatic rings. The highest BCUT2D eigenvalue weighted by Crippen LogP contribution is 2.29. The second-order valence-corrected chi connectivity index (χ2v) is 5.84. The minimum absolute atomic E-state index is 0.128. The lowest BCUT2D eigenvalue weighted by Crippen LogP contribution is -2.23. The second-order valence-electron chi connectivity index (χ2n) is 5.84. The van der Waals surface area contributed by atoms with Crippen LogP contribution in [0, 0.1) is 0 Å². The quantitative estimate of drug-likeness (QED) is 0.355. The number of hydrogen-bond acceptors (Lipinski definition) is 3. The summed E-state index contributed by atoms with van der Waals surface area (Å²) in [5.41, 5.74) is 12.0. The van der Waals surface area contributed by atoms with Crippen molar-refractivity contribution in [1.82, 2.24) is 5.32 Å². The maximum Gasteiger partial charge on any atom is 0.185 e. The molecule has 0 aliphatic heterocycles. The van der Waals surface area contributed by atoms with E-state index in [1.165, 1.54) is 29.2 Å². The molecule has 0 heterocycles. The molecule has 5 nitrogen and oxygen atoms in total. The van der Waals surface area contributed by atoms with Gasteiger partial charge < -0.3 is 21.5 Å². The number of aliphatic imine (C=N–C) groups is 1. The lowest BCUT2D eigenvalue weighted by Gasteiger charge is -2.12. The highest BCUT2D eigenvalue weighted by molar-refractivity contribution is 5.91. The van der Waals surface area contributed by atoms with Crippen LogP contribution in [-0.2, 0) is 6.42 Å². The van der Waals surface area contributed by atoms with Gasteiger partial charge in [-0.15, -0.1) is 0 Å². The third kappa shape index (κ3) is 5.42. The van der Waals surface area contributed by atoms with E-state index in [1.807, 2.05) is 7.05 Å². The smallest absolute Gasteiger partial charge is 0.185 e. The molecule has 2 rings (SSSR count). The maximum absolute atomic E-state index is 5.94. The van der Waals surface area contributed by atoms with E-state index in [2.05, 4.69) is 46.7 Å². The molecule has 0 saturated carbocycles. The summed E-state index contributed by atoms with van der Waals surface area (Å²) in [4.78, 5) is 3.97. The fourth-order valence-corrected chi connectivity index (χ4v) is 2.75. The molecule has 0 unspecified atom stereocenters. The Bertz CT molecular complexity index is 665. The first-order chi connectivity index (χ1) is 11.7. The molecule has 5 N–H and O–H groups in total. The summed E-state index contributed by atoms with van der Waals surface area (Å²) in [6, 6.07) is 12.7. The van der Waals surface area contributed by atoms with E-state index < -0.39 is 0 Å². The Labute approximate surface area is 144 Å². The van der Waals surface area contributed by atoms with Crippen molar-refractivity contribution in [3.05, 3.63) is 42.0 Å². The predicted molar refractivity (Wildman–Crippen MR) is 102 cm³/mol. The Hall–Kier alpha value is -2.27. The lowest BCUT2D eigenvalue weighted by atomic mass is 9.99. The van der Waals surface area contributed by atoms with Crippen molar-refractivity contribution in [2.45, 2.75) is 25.7 Å². The van der Waals surface area contributed by atoms with E-state index in [0.29, 0.717) is 13.2 Å². The molecule has 0 spiro atoms. The number of ether oxygens (including phenoxy) is 1. The number of nitrogens with one attached hydrogen (secondary N) is 1. The highest BCUT2D eigenvalue weighted by atomic mass is 16.5. The molecule has 24 heavy (non-hydrogen) atoms. The van der Waals surface area contributed by atoms with Gasteiger partial charge in [-0.3, -0.25) is 4.99 Å². The first kappa shape index (κ1) is 18.1. The number of nitrogens with two attached hydrogens (primary N) is 2. The average molecular weight is 328 g/mol. The molecule has 2 aromatic carbocycles. The monoisotopic (exact) mass is 328 g/mol. The van der Waals surface area contributed by atoms with E-state index >= 15 is 0 Å². The number of benzene rings is 2. The number of unbranched alkanes of at least 4 members (excludes halogenated alkanes) is 1. The predicted octanol–water partition coefficient (Wildman–Crippen LogP) is 2.42. The summed E-state index contributed by atoms with van der Waals surface area (Å²) in [5.74, 6) is 1.05. The molecule has 0 fully saturated rings. The van der Waals surface area contributed by atoms with E-state index in [1.54, 1.807) is 0 Å². The average Bonchev–Trinajstić information content (AvgIpc) is 2.59. The zero-order valence-corrected chi connectivity index (χ0v) is 14.4. The number of fused-ring (bicyclic) bond motifs is 1. The zero-order valence-electron chi connectivity index (χ0n) is 14.4. The van der Waals surface area contributed by atoms with Gasteiger partial charge in [-0.2, -0.15) is 0 Å². The van der Waals surface area contributed by atoms with Gasteiger partial charge in [-0.1, -0.05) is 30.3 Å². The van der Waals surface area contributed by atoms with Crippen molar-refractivity contribution in [2.75, 3.05) is 26.7 Å². The number of hydrogen-bond donors (Lipinski definition) is 3. The van der Waals surface area contributed by atoms with Crippen LogP contribution in [-0.4, -0.2) is 32.7 Å². The summed E-state index contributed by atoms with van der Waals surface area (Å²) in [7, 11) is 1.99. The molecule has 0 bridgehead atoms. The van der Waals surface area contributed by atoms with Crippen molar-refractivity contribution in [1.29, 1.82) is 0 Å². The first-order valence-corrected chi connectivity index (χ1v) is 8.56. The highest BCUT2D eigenvalue weighted by Gasteiger charge is 2.06. The molecular formula is C19H28N4O. The third-order valence-corrected chi connectivity index (χ3v) is 3.95. The number of guanidine groups is 1. The van der Waals surface area contributed by atoms with Crippen molar-refractivity contribution < 1.29 is 4.74 Å². The topological polar surface area (TPSA) is 85.7 Å². The zero-order chi connectivity index (χ0) is 17.2. The Morgan fingerprint density at radius 1 is 1.04 bits per heavy atom. The summed E-state index contributed by atoms with van der Waals surface area (Å²) in [6.45, 7) is 2.25. The molecule has 0 atom stereocenters. The van der Waals surface area contributed by atoms with Crippen LogP contribution >= 0.6 is 0 Å².